The van der Waals surface area contributed by atoms with Crippen molar-refractivity contribution in [2.24, 2.45) is 17.8 Å². The molecule has 4 atom stereocenters. The molecule has 4 unspecified atom stereocenters. The van der Waals surface area contributed by atoms with E-state index >= 15 is 0 Å². The van der Waals surface area contributed by atoms with Gasteiger partial charge >= 0.3 is 0 Å². The van der Waals surface area contributed by atoms with Crippen molar-refractivity contribution in [2.75, 3.05) is 13.2 Å². The lowest BCUT2D eigenvalue weighted by molar-refractivity contribution is -0.0778. The quantitative estimate of drug-likeness (QED) is 0.677. The van der Waals surface area contributed by atoms with E-state index in [0.29, 0.717) is 6.04 Å². The van der Waals surface area contributed by atoms with Crippen LogP contribution >= 0.6 is 0 Å². The second-order valence-corrected chi connectivity index (χ2v) is 6.99. The highest BCUT2D eigenvalue weighted by atomic mass is 16.5. The van der Waals surface area contributed by atoms with Crippen LogP contribution in [0.1, 0.15) is 72.6 Å². The summed E-state index contributed by atoms with van der Waals surface area (Å²) in [7, 11) is 0. The molecular weight excluding hydrogens is 246 g/mol. The van der Waals surface area contributed by atoms with Gasteiger partial charge in [0.15, 0.2) is 0 Å². The topological polar surface area (TPSA) is 21.3 Å². The highest BCUT2D eigenvalue weighted by Gasteiger charge is 2.44. The summed E-state index contributed by atoms with van der Waals surface area (Å²) in [5, 5.41) is 3.77. The van der Waals surface area contributed by atoms with Gasteiger partial charge in [0.25, 0.3) is 0 Å². The first-order chi connectivity index (χ1) is 9.69. The lowest BCUT2D eigenvalue weighted by atomic mass is 9.77. The predicted molar refractivity (Wildman–Crippen MR) is 86.0 cm³/mol. The fraction of sp³-hybridized carbons (Fsp3) is 1.00. The second kappa shape index (κ2) is 7.26. The molecule has 0 radical (unpaired) electrons. The van der Waals surface area contributed by atoms with Gasteiger partial charge in [0.05, 0.1) is 5.60 Å². The van der Waals surface area contributed by atoms with Gasteiger partial charge in [-0.2, -0.15) is 0 Å². The van der Waals surface area contributed by atoms with Crippen molar-refractivity contribution in [3.63, 3.8) is 0 Å². The van der Waals surface area contributed by atoms with Gasteiger partial charge in [-0.25, -0.2) is 0 Å². The molecule has 2 heteroatoms. The van der Waals surface area contributed by atoms with Crippen LogP contribution in [0.5, 0.6) is 0 Å². The van der Waals surface area contributed by atoms with Gasteiger partial charge in [-0.15, -0.1) is 0 Å². The van der Waals surface area contributed by atoms with E-state index < -0.39 is 0 Å². The zero-order valence-electron chi connectivity index (χ0n) is 14.1. The van der Waals surface area contributed by atoms with Gasteiger partial charge in [-0.1, -0.05) is 27.2 Å². The van der Waals surface area contributed by atoms with Crippen LogP contribution in [-0.4, -0.2) is 24.8 Å². The smallest absolute Gasteiger partial charge is 0.0829 e. The molecule has 2 rings (SSSR count). The summed E-state index contributed by atoms with van der Waals surface area (Å²) in [4.78, 5) is 0. The molecule has 0 aromatic rings. The van der Waals surface area contributed by atoms with E-state index in [9.17, 15) is 0 Å². The fourth-order valence-corrected chi connectivity index (χ4v) is 5.03. The Morgan fingerprint density at radius 2 is 1.85 bits per heavy atom. The van der Waals surface area contributed by atoms with E-state index in [-0.39, 0.29) is 5.60 Å². The molecule has 2 fully saturated rings. The van der Waals surface area contributed by atoms with Crippen LogP contribution < -0.4 is 5.32 Å². The molecule has 2 aliphatic carbocycles. The normalized spacial score (nSPS) is 30.9. The molecule has 0 aliphatic heterocycles. The van der Waals surface area contributed by atoms with Crippen molar-refractivity contribution in [3.05, 3.63) is 0 Å². The third kappa shape index (κ3) is 3.22. The predicted octanol–water partition coefficient (Wildman–Crippen LogP) is 4.39. The van der Waals surface area contributed by atoms with E-state index in [2.05, 4.69) is 33.0 Å². The largest absolute Gasteiger partial charge is 0.374 e. The zero-order chi connectivity index (χ0) is 14.6. The first-order valence-corrected chi connectivity index (χ1v) is 9.06. The van der Waals surface area contributed by atoms with E-state index in [0.717, 1.165) is 43.7 Å². The van der Waals surface area contributed by atoms with Crippen LogP contribution in [0.25, 0.3) is 0 Å². The van der Waals surface area contributed by atoms with Crippen LogP contribution in [-0.2, 0) is 4.74 Å². The molecule has 0 spiro atoms. The molecule has 2 saturated carbocycles. The van der Waals surface area contributed by atoms with Crippen molar-refractivity contribution in [1.82, 2.24) is 5.32 Å². The average molecular weight is 281 g/mol. The Balaban J connectivity index is 2.04. The second-order valence-electron chi connectivity index (χ2n) is 6.99. The summed E-state index contributed by atoms with van der Waals surface area (Å²) in [6.45, 7) is 10.9. The summed E-state index contributed by atoms with van der Waals surface area (Å²) >= 11 is 0. The molecule has 20 heavy (non-hydrogen) atoms. The lowest BCUT2D eigenvalue weighted by Crippen LogP contribution is -2.53. The van der Waals surface area contributed by atoms with Crippen molar-refractivity contribution in [3.8, 4) is 0 Å². The summed E-state index contributed by atoms with van der Waals surface area (Å²) in [6.07, 6.45) is 9.58. The highest BCUT2D eigenvalue weighted by molar-refractivity contribution is 4.97. The maximum Gasteiger partial charge on any atom is 0.0829 e. The Morgan fingerprint density at radius 3 is 2.30 bits per heavy atom. The third-order valence-corrected chi connectivity index (χ3v) is 6.14. The lowest BCUT2D eigenvalue weighted by Gasteiger charge is -2.42. The maximum atomic E-state index is 6.27. The number of fused-ring (bicyclic) bond motifs is 2. The van der Waals surface area contributed by atoms with Gasteiger partial charge in [0.2, 0.25) is 0 Å². The van der Waals surface area contributed by atoms with Gasteiger partial charge < -0.3 is 10.1 Å². The highest BCUT2D eigenvalue weighted by Crippen LogP contribution is 2.50. The van der Waals surface area contributed by atoms with E-state index in [4.69, 9.17) is 4.74 Å². The van der Waals surface area contributed by atoms with Crippen molar-refractivity contribution < 1.29 is 4.74 Å². The first kappa shape index (κ1) is 16.3. The molecule has 0 amide bonds. The summed E-state index contributed by atoms with van der Waals surface area (Å²) < 4.78 is 6.27. The standard InChI is InChI=1S/C18H35NO/c1-5-18(6-2,20-8-4)17(19-7-3)13-16-12-14-9-10-15(16)11-14/h14-17,19H,5-13H2,1-4H3. The molecule has 0 aromatic heterocycles. The first-order valence-electron chi connectivity index (χ1n) is 9.06. The molecule has 2 bridgehead atoms. The van der Waals surface area contributed by atoms with Crippen molar-refractivity contribution in [2.45, 2.75) is 84.3 Å². The Labute approximate surface area is 126 Å². The maximum absolute atomic E-state index is 6.27. The Bertz CT molecular complexity index is 287. The average Bonchev–Trinajstić information content (AvgIpc) is 3.07. The minimum absolute atomic E-state index is 0.0482. The SMILES string of the molecule is CCNC(CC1CC2CCC1C2)C(CC)(CC)OCC. The van der Waals surface area contributed by atoms with E-state index in [1.807, 2.05) is 0 Å². The summed E-state index contributed by atoms with van der Waals surface area (Å²) in [5.41, 5.74) is 0.0482. The molecule has 0 saturated heterocycles. The van der Waals surface area contributed by atoms with Gasteiger partial charge in [0.1, 0.15) is 0 Å². The fourth-order valence-electron chi connectivity index (χ4n) is 5.03. The minimum atomic E-state index is 0.0482. The number of rotatable bonds is 9. The molecule has 2 aliphatic rings. The van der Waals surface area contributed by atoms with Gasteiger partial charge in [-0.3, -0.25) is 0 Å². The summed E-state index contributed by atoms with van der Waals surface area (Å²) in [5.74, 6) is 3.03. The van der Waals surface area contributed by atoms with Crippen molar-refractivity contribution >= 4 is 0 Å². The van der Waals surface area contributed by atoms with Crippen LogP contribution in [0.3, 0.4) is 0 Å². The molecule has 0 heterocycles. The molecule has 118 valence electrons. The number of nitrogens with one attached hydrogen (secondary N) is 1. The Morgan fingerprint density at radius 1 is 1.10 bits per heavy atom. The van der Waals surface area contributed by atoms with Crippen LogP contribution in [0, 0.1) is 17.8 Å². The van der Waals surface area contributed by atoms with E-state index in [1.165, 1.54) is 32.1 Å². The molecule has 1 N–H and O–H groups in total. The number of ether oxygens (including phenoxy) is 1. The molecule has 0 aromatic carbocycles. The molecule has 2 nitrogen and oxygen atoms in total. The number of hydrogen-bond donors (Lipinski definition) is 1. The van der Waals surface area contributed by atoms with Crippen LogP contribution in [0.4, 0.5) is 0 Å². The van der Waals surface area contributed by atoms with E-state index in [1.54, 1.807) is 0 Å². The molecular formula is C18H35NO. The van der Waals surface area contributed by atoms with Crippen molar-refractivity contribution in [1.29, 1.82) is 0 Å². The Hall–Kier alpha value is -0.0800. The third-order valence-electron chi connectivity index (χ3n) is 6.14. The van der Waals surface area contributed by atoms with Gasteiger partial charge in [-0.05, 0) is 69.7 Å². The number of hydrogen-bond acceptors (Lipinski definition) is 2. The van der Waals surface area contributed by atoms with Crippen LogP contribution in [0.2, 0.25) is 0 Å². The van der Waals surface area contributed by atoms with Crippen LogP contribution in [0.15, 0.2) is 0 Å². The zero-order valence-corrected chi connectivity index (χ0v) is 14.1. The monoisotopic (exact) mass is 281 g/mol. The summed E-state index contributed by atoms with van der Waals surface area (Å²) in [6, 6.07) is 0.534. The Kier molecular flexibility index (Phi) is 5.92. The van der Waals surface area contributed by atoms with Gasteiger partial charge in [0, 0.05) is 12.6 Å². The minimum Gasteiger partial charge on any atom is -0.374 e. The number of likely N-dealkylation sites (N-methyl/N-ethyl adjacent to an activating group) is 1.